The predicted molar refractivity (Wildman–Crippen MR) is 224 cm³/mol. The first-order chi connectivity index (χ1) is 26.2. The van der Waals surface area contributed by atoms with Crippen molar-refractivity contribution in [2.24, 2.45) is 0 Å². The Morgan fingerprint density at radius 1 is 0.453 bits per heavy atom. The maximum absolute atomic E-state index is 6.76. The van der Waals surface area contributed by atoms with Crippen LogP contribution in [0.3, 0.4) is 0 Å². The van der Waals surface area contributed by atoms with Crippen molar-refractivity contribution in [3.05, 3.63) is 187 Å². The summed E-state index contributed by atoms with van der Waals surface area (Å²) in [4.78, 5) is 2.34. The van der Waals surface area contributed by atoms with E-state index in [0.717, 1.165) is 46.5 Å². The minimum atomic E-state index is 0.0184. The Labute approximate surface area is 310 Å². The van der Waals surface area contributed by atoms with Gasteiger partial charge in [-0.25, -0.2) is 0 Å². The summed E-state index contributed by atoms with van der Waals surface area (Å²) in [6.07, 6.45) is 2.13. The van der Waals surface area contributed by atoms with Crippen LogP contribution >= 0.6 is 0 Å². The molecule has 0 bridgehead atoms. The molecule has 1 heterocycles. The van der Waals surface area contributed by atoms with E-state index in [4.69, 9.17) is 4.42 Å². The Morgan fingerprint density at radius 3 is 1.85 bits per heavy atom. The van der Waals surface area contributed by atoms with E-state index in [9.17, 15) is 0 Å². The van der Waals surface area contributed by atoms with Crippen LogP contribution in [0.4, 0.5) is 17.1 Å². The first-order valence-corrected chi connectivity index (χ1v) is 18.8. The number of fused-ring (bicyclic) bond motifs is 8. The zero-order chi connectivity index (χ0) is 35.5. The molecule has 53 heavy (non-hydrogen) atoms. The highest BCUT2D eigenvalue weighted by Gasteiger charge is 2.41. The molecule has 0 aliphatic heterocycles. The third-order valence-electron chi connectivity index (χ3n) is 11.8. The van der Waals surface area contributed by atoms with E-state index in [2.05, 4.69) is 195 Å². The van der Waals surface area contributed by atoms with E-state index in [1.165, 1.54) is 60.7 Å². The summed E-state index contributed by atoms with van der Waals surface area (Å²) in [7, 11) is 0. The monoisotopic (exact) mass is 681 g/mol. The molecule has 10 rings (SSSR count). The molecule has 2 nitrogen and oxygen atoms in total. The minimum absolute atomic E-state index is 0.0184. The van der Waals surface area contributed by atoms with Crippen LogP contribution < -0.4 is 4.90 Å². The highest BCUT2D eigenvalue weighted by Crippen LogP contribution is 2.56. The summed E-state index contributed by atoms with van der Waals surface area (Å²) in [5.74, 6) is 0. The van der Waals surface area contributed by atoms with Gasteiger partial charge in [0, 0.05) is 39.3 Å². The molecular formula is C51H39NO. The van der Waals surface area contributed by atoms with Crippen molar-refractivity contribution >= 4 is 49.8 Å². The Hall–Kier alpha value is -6.38. The lowest BCUT2D eigenvalue weighted by atomic mass is 9.74. The van der Waals surface area contributed by atoms with Gasteiger partial charge in [-0.1, -0.05) is 141 Å². The lowest BCUT2D eigenvalue weighted by molar-refractivity contribution is 0.490. The summed E-state index contributed by atoms with van der Waals surface area (Å²) < 4.78 is 6.76. The largest absolute Gasteiger partial charge is 0.456 e. The number of hydrogen-bond acceptors (Lipinski definition) is 2. The molecule has 0 unspecified atom stereocenters. The molecule has 8 aromatic carbocycles. The van der Waals surface area contributed by atoms with Crippen molar-refractivity contribution in [2.45, 2.75) is 32.1 Å². The normalized spacial score (nSPS) is 13.0. The van der Waals surface area contributed by atoms with Gasteiger partial charge in [0.05, 0.1) is 0 Å². The third-order valence-corrected chi connectivity index (χ3v) is 11.8. The molecule has 0 saturated heterocycles. The first-order valence-electron chi connectivity index (χ1n) is 18.8. The Bertz CT molecular complexity index is 2780. The van der Waals surface area contributed by atoms with Gasteiger partial charge in [-0.05, 0) is 111 Å². The molecule has 1 aromatic heterocycles. The Balaban J connectivity index is 1.12. The van der Waals surface area contributed by atoms with E-state index in [1.54, 1.807) is 0 Å². The lowest BCUT2D eigenvalue weighted by Crippen LogP contribution is -2.22. The van der Waals surface area contributed by atoms with Crippen LogP contribution in [0.2, 0.25) is 0 Å². The van der Waals surface area contributed by atoms with Crippen LogP contribution in [0.25, 0.3) is 66.1 Å². The number of furan rings is 1. The van der Waals surface area contributed by atoms with Gasteiger partial charge in [0.2, 0.25) is 0 Å². The molecule has 0 saturated carbocycles. The van der Waals surface area contributed by atoms with E-state index < -0.39 is 0 Å². The smallest absolute Gasteiger partial charge is 0.137 e. The minimum Gasteiger partial charge on any atom is -0.456 e. The topological polar surface area (TPSA) is 16.4 Å². The highest BCUT2D eigenvalue weighted by atomic mass is 16.3. The molecule has 2 heteroatoms. The van der Waals surface area contributed by atoms with Crippen molar-refractivity contribution in [3.8, 4) is 33.4 Å². The van der Waals surface area contributed by atoms with Crippen LogP contribution in [0.5, 0.6) is 0 Å². The Morgan fingerprint density at radius 2 is 1.08 bits per heavy atom. The highest BCUT2D eigenvalue weighted by molar-refractivity contribution is 6.15. The molecule has 254 valence electrons. The fourth-order valence-corrected chi connectivity index (χ4v) is 9.10. The fraction of sp³-hybridized carbons (Fsp3) is 0.0980. The van der Waals surface area contributed by atoms with Gasteiger partial charge in [-0.2, -0.15) is 0 Å². The number of nitrogens with zero attached hydrogens (tertiary/aromatic N) is 1. The molecule has 0 fully saturated rings. The van der Waals surface area contributed by atoms with Crippen LogP contribution in [0.15, 0.2) is 180 Å². The van der Waals surface area contributed by atoms with Gasteiger partial charge >= 0.3 is 0 Å². The zero-order valence-corrected chi connectivity index (χ0v) is 30.0. The average molecular weight is 682 g/mol. The van der Waals surface area contributed by atoms with Crippen LogP contribution in [0.1, 0.15) is 37.8 Å². The number of rotatable bonds is 7. The van der Waals surface area contributed by atoms with Gasteiger partial charge in [-0.15, -0.1) is 0 Å². The van der Waals surface area contributed by atoms with Gasteiger partial charge in [0.15, 0.2) is 0 Å². The summed E-state index contributed by atoms with van der Waals surface area (Å²) in [6.45, 7) is 4.66. The maximum Gasteiger partial charge on any atom is 0.137 e. The zero-order valence-electron chi connectivity index (χ0n) is 30.0. The van der Waals surface area contributed by atoms with Crippen molar-refractivity contribution in [1.82, 2.24) is 0 Å². The summed E-state index contributed by atoms with van der Waals surface area (Å²) in [5.41, 5.74) is 15.5. The molecule has 0 atom stereocenters. The molecule has 1 aliphatic rings. The standard InChI is InChI=1S/C51H39NO/c1-3-51(4-2)45-20-11-10-18-43(45)49-46(51)31-32-47-50(49)44-30-29-40(33-48(44)53-47)52(38-25-21-35(22-26-38)34-13-6-5-7-14-34)39-27-23-37(24-28-39)42-19-12-16-36-15-8-9-17-41(36)42/h5-33H,3-4H2,1-2H3. The van der Waals surface area contributed by atoms with Crippen LogP contribution in [-0.2, 0) is 5.41 Å². The summed E-state index contributed by atoms with van der Waals surface area (Å²) >= 11 is 0. The molecule has 0 radical (unpaired) electrons. The predicted octanol–water partition coefficient (Wildman–Crippen LogP) is 14.6. The van der Waals surface area contributed by atoms with Crippen molar-refractivity contribution in [3.63, 3.8) is 0 Å². The number of benzene rings is 8. The second-order valence-electron chi connectivity index (χ2n) is 14.3. The van der Waals surface area contributed by atoms with Crippen LogP contribution in [-0.4, -0.2) is 0 Å². The van der Waals surface area contributed by atoms with Gasteiger partial charge < -0.3 is 9.32 Å². The maximum atomic E-state index is 6.76. The summed E-state index contributed by atoms with van der Waals surface area (Å²) in [5, 5.41) is 4.88. The first kappa shape index (κ1) is 31.4. The molecular weight excluding hydrogens is 643 g/mol. The van der Waals surface area contributed by atoms with Crippen molar-refractivity contribution in [1.29, 1.82) is 0 Å². The number of hydrogen-bond donors (Lipinski definition) is 0. The Kier molecular flexibility index (Phi) is 7.33. The third kappa shape index (κ3) is 4.86. The molecule has 0 N–H and O–H groups in total. The van der Waals surface area contributed by atoms with Gasteiger partial charge in [-0.3, -0.25) is 0 Å². The van der Waals surface area contributed by atoms with E-state index in [0.29, 0.717) is 0 Å². The summed E-state index contributed by atoms with van der Waals surface area (Å²) in [6, 6.07) is 63.9. The number of anilines is 3. The fourth-order valence-electron chi connectivity index (χ4n) is 9.10. The SMILES string of the molecule is CCC1(CC)c2ccccc2-c2c1ccc1oc3cc(N(c4ccc(-c5ccccc5)cc4)c4ccc(-c5cccc6ccccc56)cc4)ccc3c21. The quantitative estimate of drug-likeness (QED) is 0.166. The van der Waals surface area contributed by atoms with Crippen molar-refractivity contribution < 1.29 is 4.42 Å². The second kappa shape index (κ2) is 12.4. The molecule has 0 spiro atoms. The van der Waals surface area contributed by atoms with E-state index in [-0.39, 0.29) is 5.41 Å². The molecule has 9 aromatic rings. The van der Waals surface area contributed by atoms with E-state index in [1.807, 2.05) is 0 Å². The lowest BCUT2D eigenvalue weighted by Gasteiger charge is -2.29. The second-order valence-corrected chi connectivity index (χ2v) is 14.3. The van der Waals surface area contributed by atoms with E-state index >= 15 is 0 Å². The van der Waals surface area contributed by atoms with Gasteiger partial charge in [0.25, 0.3) is 0 Å². The molecule has 1 aliphatic carbocycles. The average Bonchev–Trinajstić information content (AvgIpc) is 3.74. The van der Waals surface area contributed by atoms with Crippen molar-refractivity contribution in [2.75, 3.05) is 4.90 Å². The van der Waals surface area contributed by atoms with Crippen LogP contribution in [0, 0.1) is 0 Å². The van der Waals surface area contributed by atoms with Gasteiger partial charge in [0.1, 0.15) is 11.2 Å². The molecule has 0 amide bonds.